The van der Waals surface area contributed by atoms with Crippen LogP contribution in [0.3, 0.4) is 0 Å². The summed E-state index contributed by atoms with van der Waals surface area (Å²) in [6.07, 6.45) is -0.282. The van der Waals surface area contributed by atoms with Crippen LogP contribution in [0.5, 0.6) is 0 Å². The zero-order chi connectivity index (χ0) is 31.6. The van der Waals surface area contributed by atoms with Gasteiger partial charge in [-0.15, -0.1) is 11.3 Å². The lowest BCUT2D eigenvalue weighted by molar-refractivity contribution is 0.668. The highest BCUT2D eigenvalue weighted by Crippen LogP contribution is 2.43. The van der Waals surface area contributed by atoms with Gasteiger partial charge in [-0.3, -0.25) is 4.57 Å². The number of para-hydroxylation sites is 1. The van der Waals surface area contributed by atoms with Crippen molar-refractivity contribution in [3.05, 3.63) is 169 Å². The fourth-order valence-electron chi connectivity index (χ4n) is 7.19. The Morgan fingerprint density at radius 1 is 0.521 bits per heavy atom. The Bertz CT molecular complexity index is 2750. The van der Waals surface area contributed by atoms with E-state index < -0.39 is 0 Å². The minimum absolute atomic E-state index is 0.282. The third-order valence-corrected chi connectivity index (χ3v) is 10.8. The maximum absolute atomic E-state index is 5.26. The van der Waals surface area contributed by atoms with Gasteiger partial charge in [-0.1, -0.05) is 146 Å². The molecule has 1 atom stereocenters. The van der Waals surface area contributed by atoms with Gasteiger partial charge < -0.3 is 5.32 Å². The van der Waals surface area contributed by atoms with E-state index in [1.165, 1.54) is 52.8 Å². The molecule has 5 heteroatoms. The molecule has 10 rings (SSSR count). The number of thiophene rings is 1. The molecule has 3 heterocycles. The number of hydrogen-bond donors (Lipinski definition) is 1. The second-order valence-corrected chi connectivity index (χ2v) is 13.3. The summed E-state index contributed by atoms with van der Waals surface area (Å²) < 4.78 is 4.88. The highest BCUT2D eigenvalue weighted by Gasteiger charge is 2.24. The van der Waals surface area contributed by atoms with Crippen molar-refractivity contribution in [3.8, 4) is 11.1 Å². The predicted octanol–water partition coefficient (Wildman–Crippen LogP) is 10.9. The van der Waals surface area contributed by atoms with Crippen LogP contribution in [0, 0.1) is 0 Å². The number of fused-ring (bicyclic) bond motifs is 8. The summed E-state index contributed by atoms with van der Waals surface area (Å²) in [7, 11) is 0. The molecule has 7 aromatic carbocycles. The van der Waals surface area contributed by atoms with Crippen molar-refractivity contribution in [3.63, 3.8) is 0 Å². The summed E-state index contributed by atoms with van der Waals surface area (Å²) in [6, 6.07) is 56.1. The van der Waals surface area contributed by atoms with Gasteiger partial charge in [-0.25, -0.2) is 4.99 Å². The fraction of sp³-hybridized carbons (Fsp3) is 0.0233. The van der Waals surface area contributed by atoms with Crippen molar-refractivity contribution in [2.75, 3.05) is 0 Å². The summed E-state index contributed by atoms with van der Waals surface area (Å²) >= 11 is 1.89. The zero-order valence-corrected chi connectivity index (χ0v) is 26.7. The molecule has 0 saturated heterocycles. The Kier molecular flexibility index (Phi) is 6.08. The first-order valence-corrected chi connectivity index (χ1v) is 17.0. The largest absolute Gasteiger partial charge is 0.344 e. The topological polar surface area (TPSA) is 41.7 Å². The molecule has 48 heavy (non-hydrogen) atoms. The predicted molar refractivity (Wildman–Crippen MR) is 203 cm³/mol. The van der Waals surface area contributed by atoms with Crippen molar-refractivity contribution in [1.82, 2.24) is 9.88 Å². The van der Waals surface area contributed by atoms with E-state index >= 15 is 0 Å². The Morgan fingerprint density at radius 2 is 1.21 bits per heavy atom. The minimum Gasteiger partial charge on any atom is -0.344 e. The molecule has 4 nitrogen and oxygen atoms in total. The van der Waals surface area contributed by atoms with Crippen LogP contribution in [-0.4, -0.2) is 16.4 Å². The summed E-state index contributed by atoms with van der Waals surface area (Å²) in [5.41, 5.74) is 6.69. The fourth-order valence-corrected chi connectivity index (χ4v) is 8.56. The van der Waals surface area contributed by atoms with Crippen molar-refractivity contribution >= 4 is 75.9 Å². The first kappa shape index (κ1) is 27.1. The lowest BCUT2D eigenvalue weighted by Gasteiger charge is -2.24. The standard InChI is InChI=1S/C43H28N4S/c1-3-13-28(14-4-1)41-44-42(29-15-5-2-6-16-29)46-43(45-41)47-37-21-10-9-18-33(37)34-24-23-30(26-38(34)47)32-19-11-20-35-36-25-22-27-12-7-8-17-31(27)39(36)48-40(32)35/h1-26,41H,(H,44,45,46). The number of aliphatic imine (C=N–C) groups is 2. The molecule has 0 fully saturated rings. The summed E-state index contributed by atoms with van der Waals surface area (Å²) in [6.45, 7) is 0. The number of rotatable bonds is 3. The normalized spacial score (nSPS) is 14.9. The molecule has 1 aliphatic heterocycles. The molecule has 1 aliphatic rings. The molecule has 0 spiro atoms. The molecule has 0 bridgehead atoms. The first-order chi connectivity index (χ1) is 23.8. The third-order valence-electron chi connectivity index (χ3n) is 9.47. The lowest BCUT2D eigenvalue weighted by atomic mass is 10.0. The summed E-state index contributed by atoms with van der Waals surface area (Å²) in [4.78, 5) is 10.5. The van der Waals surface area contributed by atoms with Gasteiger partial charge in [0.25, 0.3) is 0 Å². The summed E-state index contributed by atoms with van der Waals surface area (Å²) in [5, 5.41) is 11.2. The molecule has 0 saturated carbocycles. The van der Waals surface area contributed by atoms with Crippen LogP contribution in [0.4, 0.5) is 0 Å². The van der Waals surface area contributed by atoms with Crippen LogP contribution in [0.25, 0.3) is 63.9 Å². The molecular formula is C43H28N4S. The number of benzene rings is 7. The molecule has 0 radical (unpaired) electrons. The maximum atomic E-state index is 5.26. The van der Waals surface area contributed by atoms with Crippen molar-refractivity contribution in [2.24, 2.45) is 9.98 Å². The molecule has 2 aromatic heterocycles. The SMILES string of the molecule is c1ccc(C2=NC(n3c4ccccc4c4ccc(-c5cccc6c5sc5c7ccccc7ccc65)cc43)=NC(c3ccccc3)N2)cc1. The first-order valence-electron chi connectivity index (χ1n) is 16.2. The molecule has 9 aromatic rings. The van der Waals surface area contributed by atoms with Gasteiger partial charge >= 0.3 is 0 Å². The van der Waals surface area contributed by atoms with Crippen molar-refractivity contribution in [2.45, 2.75) is 6.17 Å². The van der Waals surface area contributed by atoms with E-state index in [4.69, 9.17) is 9.98 Å². The Balaban J connectivity index is 1.22. The van der Waals surface area contributed by atoms with E-state index in [-0.39, 0.29) is 6.17 Å². The number of amidine groups is 1. The van der Waals surface area contributed by atoms with Crippen molar-refractivity contribution < 1.29 is 0 Å². The van der Waals surface area contributed by atoms with Gasteiger partial charge in [-0.05, 0) is 39.6 Å². The monoisotopic (exact) mass is 632 g/mol. The van der Waals surface area contributed by atoms with Gasteiger partial charge in [0, 0.05) is 36.5 Å². The maximum Gasteiger partial charge on any atom is 0.234 e. The number of aromatic nitrogens is 1. The highest BCUT2D eigenvalue weighted by atomic mass is 32.1. The zero-order valence-electron chi connectivity index (χ0n) is 25.8. The molecule has 0 aliphatic carbocycles. The Labute approximate surface area is 281 Å². The quantitative estimate of drug-likeness (QED) is 0.207. The average Bonchev–Trinajstić information content (AvgIpc) is 3.71. The molecule has 0 amide bonds. The molecule has 1 unspecified atom stereocenters. The van der Waals surface area contributed by atoms with E-state index in [0.29, 0.717) is 5.96 Å². The molecule has 1 N–H and O–H groups in total. The van der Waals surface area contributed by atoms with Crippen LogP contribution in [0.15, 0.2) is 168 Å². The second-order valence-electron chi connectivity index (χ2n) is 12.2. The van der Waals surface area contributed by atoms with Gasteiger partial charge in [0.1, 0.15) is 12.0 Å². The number of hydrogen-bond acceptors (Lipinski definition) is 4. The lowest BCUT2D eigenvalue weighted by Crippen LogP contribution is -2.35. The van der Waals surface area contributed by atoms with Crippen LogP contribution >= 0.6 is 11.3 Å². The second kappa shape index (κ2) is 10.8. The van der Waals surface area contributed by atoms with E-state index in [0.717, 1.165) is 28.0 Å². The number of nitrogens with one attached hydrogen (secondary N) is 1. The van der Waals surface area contributed by atoms with E-state index in [2.05, 4.69) is 143 Å². The van der Waals surface area contributed by atoms with Gasteiger partial charge in [-0.2, -0.15) is 4.99 Å². The van der Waals surface area contributed by atoms with Gasteiger partial charge in [0.05, 0.1) is 11.0 Å². The smallest absolute Gasteiger partial charge is 0.234 e. The van der Waals surface area contributed by atoms with E-state index in [9.17, 15) is 0 Å². The summed E-state index contributed by atoms with van der Waals surface area (Å²) in [5.74, 6) is 1.47. The minimum atomic E-state index is -0.282. The average molecular weight is 633 g/mol. The Morgan fingerprint density at radius 3 is 2.08 bits per heavy atom. The van der Waals surface area contributed by atoms with Crippen molar-refractivity contribution in [1.29, 1.82) is 0 Å². The highest BCUT2D eigenvalue weighted by molar-refractivity contribution is 7.27. The van der Waals surface area contributed by atoms with E-state index in [1.54, 1.807) is 0 Å². The third kappa shape index (κ3) is 4.21. The number of nitrogens with zero attached hydrogens (tertiary/aromatic N) is 3. The molecular weight excluding hydrogens is 605 g/mol. The van der Waals surface area contributed by atoms with E-state index in [1.807, 2.05) is 35.6 Å². The molecule has 226 valence electrons. The van der Waals surface area contributed by atoms with Gasteiger partial charge in [0.2, 0.25) is 5.96 Å². The van der Waals surface area contributed by atoms with Gasteiger partial charge in [0.15, 0.2) is 0 Å². The van der Waals surface area contributed by atoms with Crippen LogP contribution in [-0.2, 0) is 0 Å². The van der Waals surface area contributed by atoms with Crippen LogP contribution in [0.1, 0.15) is 17.3 Å². The Hall–Kier alpha value is -6.04. The van der Waals surface area contributed by atoms with Crippen LogP contribution in [0.2, 0.25) is 0 Å². The van der Waals surface area contributed by atoms with Crippen LogP contribution < -0.4 is 5.32 Å².